The highest BCUT2D eigenvalue weighted by atomic mass is 16.5. The summed E-state index contributed by atoms with van der Waals surface area (Å²) < 4.78 is 9.09. The molecule has 0 bridgehead atoms. The second-order valence-corrected chi connectivity index (χ2v) is 7.46. The molecule has 0 saturated carbocycles. The van der Waals surface area contributed by atoms with Crippen molar-refractivity contribution in [3.63, 3.8) is 0 Å². The zero-order chi connectivity index (χ0) is 21.1. The Bertz CT molecular complexity index is 1110. The highest BCUT2D eigenvalue weighted by Gasteiger charge is 2.14. The molecular weight excluding hydrogens is 374 g/mol. The van der Waals surface area contributed by atoms with Gasteiger partial charge in [0, 0.05) is 36.2 Å². The van der Waals surface area contributed by atoms with Gasteiger partial charge in [0.25, 0.3) is 0 Å². The second kappa shape index (κ2) is 8.55. The minimum atomic E-state index is 0.183. The van der Waals surface area contributed by atoms with Crippen molar-refractivity contribution in [1.29, 1.82) is 0 Å². The number of aromatic nitrogens is 4. The summed E-state index contributed by atoms with van der Waals surface area (Å²) in [4.78, 5) is 0. The molecule has 4 rings (SSSR count). The number of nitrogens with zero attached hydrogens (tertiary/aromatic N) is 4. The van der Waals surface area contributed by atoms with Gasteiger partial charge in [-0.15, -0.1) is 0 Å². The highest BCUT2D eigenvalue weighted by molar-refractivity contribution is 5.41. The molecule has 4 aromatic rings. The Balaban J connectivity index is 1.45. The number of nitrogens with one attached hydrogen (secondary N) is 1. The maximum atomic E-state index is 5.25. The molecule has 1 unspecified atom stereocenters. The van der Waals surface area contributed by atoms with E-state index in [1.54, 1.807) is 13.3 Å². The third-order valence-corrected chi connectivity index (χ3v) is 5.53. The molecule has 2 heterocycles. The molecule has 0 radical (unpaired) electrons. The minimum Gasteiger partial charge on any atom is -0.497 e. The van der Waals surface area contributed by atoms with Crippen molar-refractivity contribution in [2.24, 2.45) is 0 Å². The molecule has 30 heavy (non-hydrogen) atoms. The van der Waals surface area contributed by atoms with Crippen molar-refractivity contribution in [3.8, 4) is 17.1 Å². The van der Waals surface area contributed by atoms with Crippen molar-refractivity contribution < 1.29 is 4.74 Å². The first-order valence-electron chi connectivity index (χ1n) is 10.1. The van der Waals surface area contributed by atoms with Gasteiger partial charge in [0.15, 0.2) is 0 Å². The first-order valence-corrected chi connectivity index (χ1v) is 10.1. The van der Waals surface area contributed by atoms with Crippen LogP contribution in [0.15, 0.2) is 67.1 Å². The Morgan fingerprint density at radius 3 is 2.47 bits per heavy atom. The fraction of sp³-hybridized carbons (Fsp3) is 0.250. The molecule has 0 aliphatic rings. The van der Waals surface area contributed by atoms with Gasteiger partial charge >= 0.3 is 0 Å². The Labute approximate surface area is 177 Å². The molecule has 0 aliphatic heterocycles. The maximum absolute atomic E-state index is 5.25. The van der Waals surface area contributed by atoms with Crippen LogP contribution in [0.4, 0.5) is 0 Å². The SMILES string of the molecule is COc1ccc(-n2ncc(C(C)NCc3ccc(-n4cccn4)cc3C)c2C)cc1. The predicted octanol–water partition coefficient (Wildman–Crippen LogP) is 4.53. The summed E-state index contributed by atoms with van der Waals surface area (Å²) >= 11 is 0. The monoisotopic (exact) mass is 401 g/mol. The maximum Gasteiger partial charge on any atom is 0.119 e. The van der Waals surface area contributed by atoms with Crippen LogP contribution in [0.3, 0.4) is 0 Å². The van der Waals surface area contributed by atoms with Gasteiger partial charge in [0.05, 0.1) is 24.7 Å². The number of hydrogen-bond donors (Lipinski definition) is 1. The van der Waals surface area contributed by atoms with E-state index in [0.29, 0.717) is 0 Å². The molecule has 0 spiro atoms. The van der Waals surface area contributed by atoms with Gasteiger partial charge in [-0.2, -0.15) is 10.2 Å². The van der Waals surface area contributed by atoms with E-state index in [-0.39, 0.29) is 6.04 Å². The van der Waals surface area contributed by atoms with Crippen LogP contribution in [0.1, 0.15) is 35.3 Å². The first-order chi connectivity index (χ1) is 14.6. The molecule has 2 aromatic heterocycles. The van der Waals surface area contributed by atoms with Gasteiger partial charge in [0.2, 0.25) is 0 Å². The summed E-state index contributed by atoms with van der Waals surface area (Å²) in [7, 11) is 1.67. The summed E-state index contributed by atoms with van der Waals surface area (Å²) in [5.74, 6) is 0.841. The molecule has 6 heteroatoms. The number of hydrogen-bond acceptors (Lipinski definition) is 4. The van der Waals surface area contributed by atoms with Crippen molar-refractivity contribution in [2.45, 2.75) is 33.4 Å². The van der Waals surface area contributed by atoms with E-state index in [2.05, 4.69) is 54.5 Å². The van der Waals surface area contributed by atoms with E-state index in [1.807, 2.05) is 52.1 Å². The fourth-order valence-corrected chi connectivity index (χ4v) is 3.65. The molecular formula is C24H27N5O. The van der Waals surface area contributed by atoms with Crippen LogP contribution in [-0.2, 0) is 6.54 Å². The predicted molar refractivity (Wildman–Crippen MR) is 118 cm³/mol. The Morgan fingerprint density at radius 2 is 1.80 bits per heavy atom. The summed E-state index contributed by atoms with van der Waals surface area (Å²) in [5, 5.41) is 12.5. The van der Waals surface area contributed by atoms with Gasteiger partial charge in [-0.1, -0.05) is 6.07 Å². The standard InChI is InChI=1S/C24H27N5O/c1-17-14-22(28-13-5-12-26-28)7-6-20(17)15-25-18(2)24-16-27-29(19(24)3)21-8-10-23(30-4)11-9-21/h5-14,16,18,25H,15H2,1-4H3. The fourth-order valence-electron chi connectivity index (χ4n) is 3.65. The van der Waals surface area contributed by atoms with E-state index in [9.17, 15) is 0 Å². The molecule has 6 nitrogen and oxygen atoms in total. The lowest BCUT2D eigenvalue weighted by molar-refractivity contribution is 0.414. The zero-order valence-electron chi connectivity index (χ0n) is 17.8. The number of methoxy groups -OCH3 is 1. The van der Waals surface area contributed by atoms with Crippen molar-refractivity contribution >= 4 is 0 Å². The van der Waals surface area contributed by atoms with E-state index < -0.39 is 0 Å². The van der Waals surface area contributed by atoms with Crippen LogP contribution >= 0.6 is 0 Å². The van der Waals surface area contributed by atoms with Crippen LogP contribution in [0.2, 0.25) is 0 Å². The second-order valence-electron chi connectivity index (χ2n) is 7.46. The van der Waals surface area contributed by atoms with Crippen LogP contribution in [-0.4, -0.2) is 26.7 Å². The molecule has 0 fully saturated rings. The van der Waals surface area contributed by atoms with Gasteiger partial charge < -0.3 is 10.1 Å². The van der Waals surface area contributed by atoms with Crippen molar-refractivity contribution in [1.82, 2.24) is 24.9 Å². The lowest BCUT2D eigenvalue weighted by Crippen LogP contribution is -2.19. The number of aryl methyl sites for hydroxylation is 1. The van der Waals surface area contributed by atoms with E-state index in [1.165, 1.54) is 16.7 Å². The molecule has 2 aromatic carbocycles. The van der Waals surface area contributed by atoms with Gasteiger partial charge in [-0.3, -0.25) is 0 Å². The van der Waals surface area contributed by atoms with Crippen molar-refractivity contribution in [2.75, 3.05) is 7.11 Å². The Morgan fingerprint density at radius 1 is 1.03 bits per heavy atom. The van der Waals surface area contributed by atoms with Crippen LogP contribution in [0.25, 0.3) is 11.4 Å². The van der Waals surface area contributed by atoms with E-state index >= 15 is 0 Å². The number of rotatable bonds is 7. The Hall–Kier alpha value is -3.38. The van der Waals surface area contributed by atoms with Crippen LogP contribution < -0.4 is 10.1 Å². The number of benzene rings is 2. The largest absolute Gasteiger partial charge is 0.497 e. The molecule has 0 aliphatic carbocycles. The first kappa shape index (κ1) is 19.9. The smallest absolute Gasteiger partial charge is 0.119 e. The molecule has 0 saturated heterocycles. The van der Waals surface area contributed by atoms with Crippen LogP contribution in [0.5, 0.6) is 5.75 Å². The minimum absolute atomic E-state index is 0.183. The normalized spacial score (nSPS) is 12.1. The summed E-state index contributed by atoms with van der Waals surface area (Å²) in [6.45, 7) is 7.21. The van der Waals surface area contributed by atoms with Gasteiger partial charge in [0.1, 0.15) is 5.75 Å². The molecule has 0 amide bonds. The molecule has 1 atom stereocenters. The zero-order valence-corrected chi connectivity index (χ0v) is 17.8. The molecule has 1 N–H and O–H groups in total. The summed E-state index contributed by atoms with van der Waals surface area (Å²) in [6, 6.07) is 16.5. The third-order valence-electron chi connectivity index (χ3n) is 5.53. The average Bonchev–Trinajstić information content (AvgIpc) is 3.43. The third kappa shape index (κ3) is 4.00. The topological polar surface area (TPSA) is 56.9 Å². The lowest BCUT2D eigenvalue weighted by Gasteiger charge is -2.16. The lowest BCUT2D eigenvalue weighted by atomic mass is 10.1. The summed E-state index contributed by atoms with van der Waals surface area (Å²) in [6.07, 6.45) is 5.70. The Kier molecular flexibility index (Phi) is 5.68. The average molecular weight is 402 g/mol. The van der Waals surface area contributed by atoms with Gasteiger partial charge in [-0.05, 0) is 74.4 Å². The van der Waals surface area contributed by atoms with Gasteiger partial charge in [-0.25, -0.2) is 9.36 Å². The van der Waals surface area contributed by atoms with E-state index in [4.69, 9.17) is 4.74 Å². The summed E-state index contributed by atoms with van der Waals surface area (Å²) in [5.41, 5.74) is 6.94. The van der Waals surface area contributed by atoms with Crippen LogP contribution in [0, 0.1) is 13.8 Å². The number of ether oxygens (including phenoxy) is 1. The van der Waals surface area contributed by atoms with Crippen molar-refractivity contribution in [3.05, 3.63) is 89.5 Å². The highest BCUT2D eigenvalue weighted by Crippen LogP contribution is 2.22. The quantitative estimate of drug-likeness (QED) is 0.494. The van der Waals surface area contributed by atoms with E-state index in [0.717, 1.165) is 29.4 Å². The molecule has 154 valence electrons.